The molecule has 2 aromatic heterocycles. The van der Waals surface area contributed by atoms with Gasteiger partial charge in [-0.05, 0) is 26.3 Å². The molecule has 1 unspecified atom stereocenters. The second-order valence-corrected chi connectivity index (χ2v) is 9.09. The molecule has 0 N–H and O–H groups in total. The molecule has 1 aliphatic rings. The summed E-state index contributed by atoms with van der Waals surface area (Å²) in [5.41, 5.74) is 3.87. The summed E-state index contributed by atoms with van der Waals surface area (Å²) in [6.45, 7) is 7.40. The minimum atomic E-state index is -0.647. The zero-order valence-electron chi connectivity index (χ0n) is 19.8. The van der Waals surface area contributed by atoms with Crippen molar-refractivity contribution in [2.75, 3.05) is 38.7 Å². The van der Waals surface area contributed by atoms with Crippen LogP contribution in [0, 0.1) is 6.92 Å². The molecule has 4 rings (SSSR count). The van der Waals surface area contributed by atoms with Crippen LogP contribution in [-0.2, 0) is 14.9 Å². The lowest BCUT2D eigenvalue weighted by Gasteiger charge is -2.38. The molecule has 1 saturated heterocycles. The molecule has 1 aromatic carbocycles. The summed E-state index contributed by atoms with van der Waals surface area (Å²) in [5, 5.41) is 0. The second-order valence-electron chi connectivity index (χ2n) is 9.09. The van der Waals surface area contributed by atoms with E-state index in [1.165, 1.54) is 11.9 Å². The molecule has 172 valence electrons. The highest BCUT2D eigenvalue weighted by Gasteiger charge is 2.37. The Morgan fingerprint density at radius 3 is 2.48 bits per heavy atom. The quantitative estimate of drug-likeness (QED) is 0.595. The first kappa shape index (κ1) is 22.8. The van der Waals surface area contributed by atoms with Crippen LogP contribution in [0.5, 0.6) is 0 Å². The number of aryl methyl sites for hydroxylation is 1. The molecule has 0 spiro atoms. The number of nitrogens with zero attached hydrogens (tertiary/aromatic N) is 6. The molecule has 0 radical (unpaired) electrons. The number of amides is 1. The maximum absolute atomic E-state index is 13.6. The Kier molecular flexibility index (Phi) is 6.37. The average molecular weight is 447 g/mol. The lowest BCUT2D eigenvalue weighted by atomic mass is 9.82. The molecule has 0 aliphatic carbocycles. The van der Waals surface area contributed by atoms with Crippen molar-refractivity contribution in [2.24, 2.45) is 0 Å². The number of hydrogen-bond donors (Lipinski definition) is 0. The van der Waals surface area contributed by atoms with Crippen LogP contribution in [0.3, 0.4) is 0 Å². The largest absolute Gasteiger partial charge is 0.368 e. The van der Waals surface area contributed by atoms with Crippen molar-refractivity contribution in [3.05, 3.63) is 66.0 Å². The molecule has 1 fully saturated rings. The Morgan fingerprint density at radius 2 is 1.82 bits per heavy atom. The van der Waals surface area contributed by atoms with E-state index in [0.717, 1.165) is 22.4 Å². The predicted molar refractivity (Wildman–Crippen MR) is 127 cm³/mol. The Morgan fingerprint density at radius 1 is 1.12 bits per heavy atom. The predicted octanol–water partition coefficient (Wildman–Crippen LogP) is 3.19. The minimum Gasteiger partial charge on any atom is -0.368 e. The van der Waals surface area contributed by atoms with E-state index in [1.54, 1.807) is 18.6 Å². The average Bonchev–Trinajstić information content (AvgIpc) is 2.84. The molecule has 1 amide bonds. The van der Waals surface area contributed by atoms with Gasteiger partial charge in [0.1, 0.15) is 12.4 Å². The van der Waals surface area contributed by atoms with Gasteiger partial charge in [-0.2, -0.15) is 0 Å². The molecule has 8 heteroatoms. The van der Waals surface area contributed by atoms with Crippen LogP contribution in [0.1, 0.15) is 36.8 Å². The van der Waals surface area contributed by atoms with Crippen molar-refractivity contribution in [1.82, 2.24) is 24.8 Å². The van der Waals surface area contributed by atoms with E-state index in [9.17, 15) is 4.79 Å². The van der Waals surface area contributed by atoms with E-state index in [1.807, 2.05) is 68.9 Å². The molecule has 1 aliphatic heterocycles. The highest BCUT2D eigenvalue weighted by molar-refractivity contribution is 5.87. The fourth-order valence-electron chi connectivity index (χ4n) is 3.99. The fourth-order valence-corrected chi connectivity index (χ4v) is 3.99. The summed E-state index contributed by atoms with van der Waals surface area (Å²) < 4.78 is 6.13. The molecule has 33 heavy (non-hydrogen) atoms. The van der Waals surface area contributed by atoms with Gasteiger partial charge in [0.05, 0.1) is 24.3 Å². The smallest absolute Gasteiger partial charge is 0.232 e. The van der Waals surface area contributed by atoms with E-state index in [0.29, 0.717) is 25.6 Å². The molecule has 0 bridgehead atoms. The molecule has 0 saturated carbocycles. The third kappa shape index (κ3) is 4.71. The number of hydrogen-bond acceptors (Lipinski definition) is 7. The van der Waals surface area contributed by atoms with E-state index >= 15 is 0 Å². The van der Waals surface area contributed by atoms with Gasteiger partial charge in [-0.15, -0.1) is 0 Å². The number of carbonyl (C=O) groups excluding carboxylic acids is 1. The van der Waals surface area contributed by atoms with Crippen LogP contribution in [0.2, 0.25) is 0 Å². The van der Waals surface area contributed by atoms with Crippen molar-refractivity contribution >= 4 is 11.9 Å². The van der Waals surface area contributed by atoms with Crippen molar-refractivity contribution in [3.8, 4) is 11.1 Å². The van der Waals surface area contributed by atoms with E-state index < -0.39 is 5.41 Å². The standard InChI is InChI=1S/C25H30N6O2/c1-17-6-8-19(9-7-17)25(2,3)23(32)31-10-11-33-21(15-31)22-20(18-12-26-16-27-13-18)14-28-24(29-22)30(4)5/h6-9,12-14,16,21H,10-11,15H2,1-5H3. The molecule has 3 heterocycles. The van der Waals surface area contributed by atoms with E-state index in [2.05, 4.69) is 15.0 Å². The zero-order chi connectivity index (χ0) is 23.6. The Labute approximate surface area is 194 Å². The van der Waals surface area contributed by atoms with E-state index in [4.69, 9.17) is 9.72 Å². The monoisotopic (exact) mass is 446 g/mol. The van der Waals surface area contributed by atoms with Gasteiger partial charge in [0.15, 0.2) is 0 Å². The zero-order valence-corrected chi connectivity index (χ0v) is 19.8. The molecular formula is C25H30N6O2. The highest BCUT2D eigenvalue weighted by Crippen LogP contribution is 2.33. The topological polar surface area (TPSA) is 84.3 Å². The molecular weight excluding hydrogens is 416 g/mol. The normalized spacial score (nSPS) is 16.5. The summed E-state index contributed by atoms with van der Waals surface area (Å²) in [7, 11) is 3.79. The SMILES string of the molecule is Cc1ccc(C(C)(C)C(=O)N2CCOC(c3nc(N(C)C)ncc3-c3cncnc3)C2)cc1. The van der Waals surface area contributed by atoms with Crippen molar-refractivity contribution in [3.63, 3.8) is 0 Å². The number of carbonyl (C=O) groups is 1. The van der Waals surface area contributed by atoms with Crippen LogP contribution in [0.25, 0.3) is 11.1 Å². The van der Waals surface area contributed by atoms with Gasteiger partial charge in [0.25, 0.3) is 0 Å². The summed E-state index contributed by atoms with van der Waals surface area (Å²) in [5.74, 6) is 0.656. The van der Waals surface area contributed by atoms with E-state index in [-0.39, 0.29) is 12.0 Å². The van der Waals surface area contributed by atoms with Gasteiger partial charge in [-0.25, -0.2) is 19.9 Å². The second kappa shape index (κ2) is 9.23. The van der Waals surface area contributed by atoms with Crippen molar-refractivity contribution < 1.29 is 9.53 Å². The maximum Gasteiger partial charge on any atom is 0.232 e. The summed E-state index contributed by atoms with van der Waals surface area (Å²) in [6, 6.07) is 8.16. The Balaban J connectivity index is 1.65. The Hall–Kier alpha value is -3.39. The van der Waals surface area contributed by atoms with Gasteiger partial charge in [-0.3, -0.25) is 4.79 Å². The molecule has 8 nitrogen and oxygen atoms in total. The first-order valence-electron chi connectivity index (χ1n) is 11.0. The van der Waals surface area contributed by atoms with Gasteiger partial charge < -0.3 is 14.5 Å². The van der Waals surface area contributed by atoms with Crippen molar-refractivity contribution in [2.45, 2.75) is 32.3 Å². The van der Waals surface area contributed by atoms with Crippen LogP contribution in [-0.4, -0.2) is 64.5 Å². The Bertz CT molecular complexity index is 1120. The lowest BCUT2D eigenvalue weighted by molar-refractivity contribution is -0.144. The summed E-state index contributed by atoms with van der Waals surface area (Å²) >= 11 is 0. The van der Waals surface area contributed by atoms with Crippen LogP contribution in [0.4, 0.5) is 5.95 Å². The van der Waals surface area contributed by atoms with Gasteiger partial charge in [0.2, 0.25) is 11.9 Å². The minimum absolute atomic E-state index is 0.0751. The fraction of sp³-hybridized carbons (Fsp3) is 0.400. The van der Waals surface area contributed by atoms with Gasteiger partial charge in [-0.1, -0.05) is 29.8 Å². The number of morpholine rings is 1. The number of benzene rings is 1. The van der Waals surface area contributed by atoms with Crippen molar-refractivity contribution in [1.29, 1.82) is 0 Å². The first-order valence-corrected chi connectivity index (χ1v) is 11.0. The van der Waals surface area contributed by atoms with Crippen LogP contribution >= 0.6 is 0 Å². The summed E-state index contributed by atoms with van der Waals surface area (Å²) in [6.07, 6.45) is 6.35. The number of aromatic nitrogens is 4. The third-order valence-electron chi connectivity index (χ3n) is 6.04. The number of ether oxygens (including phenoxy) is 1. The number of rotatable bonds is 5. The maximum atomic E-state index is 13.6. The number of anilines is 1. The first-order chi connectivity index (χ1) is 15.8. The molecule has 3 aromatic rings. The van der Waals surface area contributed by atoms with Crippen LogP contribution in [0.15, 0.2) is 49.2 Å². The van der Waals surface area contributed by atoms with Gasteiger partial charge >= 0.3 is 0 Å². The van der Waals surface area contributed by atoms with Gasteiger partial charge in [0, 0.05) is 50.4 Å². The highest BCUT2D eigenvalue weighted by atomic mass is 16.5. The van der Waals surface area contributed by atoms with Crippen LogP contribution < -0.4 is 4.90 Å². The molecule has 1 atom stereocenters. The third-order valence-corrected chi connectivity index (χ3v) is 6.04. The lowest BCUT2D eigenvalue weighted by Crippen LogP contribution is -2.49. The summed E-state index contributed by atoms with van der Waals surface area (Å²) in [4.78, 5) is 34.9.